The maximum Gasteiger partial charge on any atom is 0.241 e. The molecule has 0 aromatic heterocycles. The van der Waals surface area contributed by atoms with Gasteiger partial charge in [-0.3, -0.25) is 9.69 Å². The van der Waals surface area contributed by atoms with Crippen LogP contribution in [0.2, 0.25) is 0 Å². The number of carbonyl (C=O) groups is 1. The van der Waals surface area contributed by atoms with E-state index in [9.17, 15) is 4.79 Å². The number of benzene rings is 1. The monoisotopic (exact) mass is 275 g/mol. The van der Waals surface area contributed by atoms with Crippen LogP contribution >= 0.6 is 0 Å². The van der Waals surface area contributed by atoms with E-state index in [1.54, 1.807) is 0 Å². The highest BCUT2D eigenvalue weighted by Gasteiger charge is 2.21. The highest BCUT2D eigenvalue weighted by Crippen LogP contribution is 2.17. The Morgan fingerprint density at radius 3 is 2.70 bits per heavy atom. The van der Waals surface area contributed by atoms with Crippen molar-refractivity contribution in [1.82, 2.24) is 4.90 Å². The van der Waals surface area contributed by atoms with Gasteiger partial charge in [-0.1, -0.05) is 12.1 Å². The third kappa shape index (κ3) is 3.81. The molecule has 1 saturated heterocycles. The van der Waals surface area contributed by atoms with Gasteiger partial charge in [-0.2, -0.15) is 0 Å². The number of hydrogen-bond acceptors (Lipinski definition) is 3. The number of carbonyl (C=O) groups excluding carboxylic acids is 1. The Morgan fingerprint density at radius 2 is 2.10 bits per heavy atom. The van der Waals surface area contributed by atoms with E-state index < -0.39 is 0 Å². The number of anilines is 1. The van der Waals surface area contributed by atoms with E-state index in [4.69, 9.17) is 5.73 Å². The van der Waals surface area contributed by atoms with Crippen molar-refractivity contribution >= 4 is 11.6 Å². The molecule has 110 valence electrons. The van der Waals surface area contributed by atoms with Gasteiger partial charge in [0.05, 0.1) is 6.54 Å². The summed E-state index contributed by atoms with van der Waals surface area (Å²) in [4.78, 5) is 16.6. The summed E-state index contributed by atoms with van der Waals surface area (Å²) in [6.45, 7) is 7.13. The lowest BCUT2D eigenvalue weighted by molar-refractivity contribution is -0.120. The van der Waals surface area contributed by atoms with Crippen LogP contribution in [0.25, 0.3) is 0 Å². The molecule has 1 aliphatic rings. The van der Waals surface area contributed by atoms with Gasteiger partial charge in [0.2, 0.25) is 5.91 Å². The molecule has 1 aliphatic heterocycles. The zero-order chi connectivity index (χ0) is 14.5. The summed E-state index contributed by atoms with van der Waals surface area (Å²) >= 11 is 0. The lowest BCUT2D eigenvalue weighted by Gasteiger charge is -2.31. The molecule has 0 unspecified atom stereocenters. The normalized spacial score (nSPS) is 17.1. The van der Waals surface area contributed by atoms with Crippen molar-refractivity contribution in [3.63, 3.8) is 0 Å². The second-order valence-electron chi connectivity index (χ2n) is 5.59. The van der Waals surface area contributed by atoms with Gasteiger partial charge in [0, 0.05) is 31.4 Å². The topological polar surface area (TPSA) is 49.6 Å². The molecule has 2 rings (SSSR count). The van der Waals surface area contributed by atoms with E-state index in [0.29, 0.717) is 19.1 Å². The van der Waals surface area contributed by atoms with Gasteiger partial charge in [-0.25, -0.2) is 0 Å². The number of likely N-dealkylation sites (tertiary alicyclic amines) is 1. The summed E-state index contributed by atoms with van der Waals surface area (Å²) in [7, 11) is 0. The Bertz CT molecular complexity index is 453. The molecule has 0 radical (unpaired) electrons. The van der Waals surface area contributed by atoms with E-state index in [1.165, 1.54) is 5.56 Å². The van der Waals surface area contributed by atoms with Crippen molar-refractivity contribution in [3.8, 4) is 0 Å². The summed E-state index contributed by atoms with van der Waals surface area (Å²) < 4.78 is 0. The minimum atomic E-state index is 0.175. The number of nitrogens with zero attached hydrogens (tertiary/aromatic N) is 2. The first-order valence-electron chi connectivity index (χ1n) is 7.45. The number of nitrogens with two attached hydrogens (primary N) is 1. The predicted octanol–water partition coefficient (Wildman–Crippen LogP) is 1.77. The van der Waals surface area contributed by atoms with Gasteiger partial charge in [-0.05, 0) is 44.4 Å². The second kappa shape index (κ2) is 6.86. The summed E-state index contributed by atoms with van der Waals surface area (Å²) in [5.74, 6) is 0.175. The third-order valence-electron chi connectivity index (χ3n) is 3.92. The van der Waals surface area contributed by atoms with Crippen molar-refractivity contribution in [2.75, 3.05) is 31.1 Å². The van der Waals surface area contributed by atoms with E-state index in [1.807, 2.05) is 36.9 Å². The van der Waals surface area contributed by atoms with Crippen LogP contribution in [0.3, 0.4) is 0 Å². The van der Waals surface area contributed by atoms with Crippen LogP contribution in [0.4, 0.5) is 5.69 Å². The van der Waals surface area contributed by atoms with Crippen LogP contribution in [0.15, 0.2) is 24.3 Å². The first-order valence-corrected chi connectivity index (χ1v) is 7.45. The van der Waals surface area contributed by atoms with Crippen LogP contribution in [-0.2, 0) is 4.79 Å². The molecule has 0 aliphatic carbocycles. The first-order chi connectivity index (χ1) is 9.60. The van der Waals surface area contributed by atoms with Gasteiger partial charge in [0.1, 0.15) is 0 Å². The fourth-order valence-electron chi connectivity index (χ4n) is 2.69. The number of rotatable bonds is 4. The van der Waals surface area contributed by atoms with Crippen molar-refractivity contribution < 1.29 is 4.79 Å². The zero-order valence-electron chi connectivity index (χ0n) is 12.5. The lowest BCUT2D eigenvalue weighted by atomic mass is 10.1. The summed E-state index contributed by atoms with van der Waals surface area (Å²) in [6.07, 6.45) is 1.98. The largest absolute Gasteiger partial charge is 0.328 e. The average molecular weight is 275 g/mol. The number of likely N-dealkylation sites (N-methyl/N-ethyl adjacent to an activating group) is 1. The summed E-state index contributed by atoms with van der Waals surface area (Å²) in [5, 5.41) is 0. The standard InChI is InChI=1S/C16H25N3O/c1-3-19(15-6-4-5-13(2)11-15)16(20)12-18-9-7-14(17)8-10-18/h4-6,11,14H,3,7-10,12,17H2,1-2H3. The van der Waals surface area contributed by atoms with E-state index in [2.05, 4.69) is 11.0 Å². The van der Waals surface area contributed by atoms with E-state index >= 15 is 0 Å². The van der Waals surface area contributed by atoms with Crippen LogP contribution in [0.1, 0.15) is 25.3 Å². The number of amides is 1. The molecule has 20 heavy (non-hydrogen) atoms. The minimum Gasteiger partial charge on any atom is -0.328 e. The molecule has 1 aromatic carbocycles. The Kier molecular flexibility index (Phi) is 5.15. The van der Waals surface area contributed by atoms with Gasteiger partial charge >= 0.3 is 0 Å². The molecule has 0 bridgehead atoms. The lowest BCUT2D eigenvalue weighted by Crippen LogP contribution is -2.45. The number of piperidine rings is 1. The maximum absolute atomic E-state index is 12.5. The van der Waals surface area contributed by atoms with Gasteiger partial charge in [0.15, 0.2) is 0 Å². The predicted molar refractivity (Wildman–Crippen MR) is 82.9 cm³/mol. The van der Waals surface area contributed by atoms with Crippen LogP contribution in [0.5, 0.6) is 0 Å². The maximum atomic E-state index is 12.5. The third-order valence-corrected chi connectivity index (χ3v) is 3.92. The second-order valence-corrected chi connectivity index (χ2v) is 5.59. The average Bonchev–Trinajstić information content (AvgIpc) is 2.42. The highest BCUT2D eigenvalue weighted by molar-refractivity contribution is 5.94. The van der Waals surface area contributed by atoms with Crippen molar-refractivity contribution in [2.24, 2.45) is 5.73 Å². The summed E-state index contributed by atoms with van der Waals surface area (Å²) in [5.41, 5.74) is 8.07. The van der Waals surface area contributed by atoms with E-state index in [0.717, 1.165) is 31.6 Å². The zero-order valence-corrected chi connectivity index (χ0v) is 12.5. The molecular weight excluding hydrogens is 250 g/mol. The van der Waals surface area contributed by atoms with Crippen LogP contribution in [-0.4, -0.2) is 43.0 Å². The van der Waals surface area contributed by atoms with Gasteiger partial charge in [0.25, 0.3) is 0 Å². The van der Waals surface area contributed by atoms with E-state index in [-0.39, 0.29) is 5.91 Å². The van der Waals surface area contributed by atoms with Crippen molar-refractivity contribution in [1.29, 1.82) is 0 Å². The molecule has 2 N–H and O–H groups in total. The highest BCUT2D eigenvalue weighted by atomic mass is 16.2. The van der Waals surface area contributed by atoms with Crippen molar-refractivity contribution in [3.05, 3.63) is 29.8 Å². The molecule has 0 atom stereocenters. The van der Waals surface area contributed by atoms with Crippen LogP contribution in [0, 0.1) is 6.92 Å². The number of hydrogen-bond donors (Lipinski definition) is 1. The Morgan fingerprint density at radius 1 is 1.40 bits per heavy atom. The van der Waals surface area contributed by atoms with Gasteiger partial charge in [-0.15, -0.1) is 0 Å². The quantitative estimate of drug-likeness (QED) is 0.911. The van der Waals surface area contributed by atoms with Crippen LogP contribution < -0.4 is 10.6 Å². The molecule has 1 fully saturated rings. The molecule has 0 spiro atoms. The fourth-order valence-corrected chi connectivity index (χ4v) is 2.69. The first kappa shape index (κ1) is 15.0. The molecular formula is C16H25N3O. The fraction of sp³-hybridized carbons (Fsp3) is 0.562. The molecule has 1 heterocycles. The van der Waals surface area contributed by atoms with Gasteiger partial charge < -0.3 is 10.6 Å². The Balaban J connectivity index is 1.99. The Hall–Kier alpha value is -1.39. The van der Waals surface area contributed by atoms with Crippen molar-refractivity contribution in [2.45, 2.75) is 32.7 Å². The molecule has 0 saturated carbocycles. The molecule has 1 amide bonds. The molecule has 4 heteroatoms. The minimum absolute atomic E-state index is 0.175. The smallest absolute Gasteiger partial charge is 0.241 e. The summed E-state index contributed by atoms with van der Waals surface area (Å²) in [6, 6.07) is 8.42. The SMILES string of the molecule is CCN(C(=O)CN1CCC(N)CC1)c1cccc(C)c1. The molecule has 4 nitrogen and oxygen atoms in total. The number of aryl methyl sites for hydroxylation is 1. The molecule has 1 aromatic rings. The Labute approximate surface area is 121 Å².